The summed E-state index contributed by atoms with van der Waals surface area (Å²) >= 11 is 1.91. The van der Waals surface area contributed by atoms with Gasteiger partial charge in [-0.05, 0) is 42.4 Å². The van der Waals surface area contributed by atoms with Crippen molar-refractivity contribution in [2.75, 3.05) is 12.0 Å². The Morgan fingerprint density at radius 1 is 1.33 bits per heavy atom. The zero-order valence-corrected chi connectivity index (χ0v) is 11.8. The van der Waals surface area contributed by atoms with Crippen molar-refractivity contribution in [1.29, 1.82) is 0 Å². The summed E-state index contributed by atoms with van der Waals surface area (Å²) in [5.74, 6) is 1.22. The number of hydrogen-bond acceptors (Lipinski definition) is 3. The maximum atomic E-state index is 4.17. The minimum Gasteiger partial charge on any atom is -0.310 e. The lowest BCUT2D eigenvalue weighted by molar-refractivity contribution is 0.539. The van der Waals surface area contributed by atoms with Crippen LogP contribution in [0.15, 0.2) is 36.7 Å². The minimum atomic E-state index is 0.564. The van der Waals surface area contributed by atoms with Crippen molar-refractivity contribution >= 4 is 22.5 Å². The van der Waals surface area contributed by atoms with Crippen molar-refractivity contribution in [3.63, 3.8) is 0 Å². The summed E-state index contributed by atoms with van der Waals surface area (Å²) in [6, 6.07) is 9.07. The third-order valence-electron chi connectivity index (χ3n) is 3.17. The summed E-state index contributed by atoms with van der Waals surface area (Å²) in [5.41, 5.74) is 1.35. The van der Waals surface area contributed by atoms with E-state index in [9.17, 15) is 0 Å². The molecule has 0 saturated carbocycles. The maximum Gasteiger partial charge on any atom is 0.0346 e. The molecule has 18 heavy (non-hydrogen) atoms. The summed E-state index contributed by atoms with van der Waals surface area (Å²) in [6.07, 6.45) is 7.16. The topological polar surface area (TPSA) is 24.9 Å². The Bertz CT molecular complexity index is 493. The molecule has 1 aromatic carbocycles. The van der Waals surface area contributed by atoms with E-state index < -0.39 is 0 Å². The minimum absolute atomic E-state index is 0.564. The summed E-state index contributed by atoms with van der Waals surface area (Å²) in [4.78, 5) is 4.17. The molecule has 1 atom stereocenters. The van der Waals surface area contributed by atoms with Crippen LogP contribution in [0.5, 0.6) is 0 Å². The average Bonchev–Trinajstić information content (AvgIpc) is 2.42. The highest BCUT2D eigenvalue weighted by Gasteiger charge is 2.03. The van der Waals surface area contributed by atoms with Gasteiger partial charge in [-0.15, -0.1) is 0 Å². The number of rotatable bonds is 6. The molecule has 3 heteroatoms. The number of nitrogens with one attached hydrogen (secondary N) is 1. The van der Waals surface area contributed by atoms with Gasteiger partial charge in [0.2, 0.25) is 0 Å². The fourth-order valence-corrected chi connectivity index (χ4v) is 2.61. The van der Waals surface area contributed by atoms with Crippen LogP contribution < -0.4 is 5.32 Å². The molecule has 0 aliphatic carbocycles. The molecule has 0 aliphatic rings. The van der Waals surface area contributed by atoms with Crippen molar-refractivity contribution in [2.45, 2.75) is 25.9 Å². The highest BCUT2D eigenvalue weighted by Crippen LogP contribution is 2.17. The highest BCUT2D eigenvalue weighted by atomic mass is 32.2. The van der Waals surface area contributed by atoms with E-state index in [-0.39, 0.29) is 0 Å². The number of aromatic nitrogens is 1. The molecule has 0 saturated heterocycles. The number of nitrogens with zero attached hydrogens (tertiary/aromatic N) is 1. The standard InChI is InChI=1S/C15H20N2S/c1-12(7-9-18-2)17-11-14-5-3-4-13-10-16-8-6-15(13)14/h3-6,8,10,12,17H,7,9,11H2,1-2H3. The second-order valence-corrected chi connectivity index (χ2v) is 5.56. The van der Waals surface area contributed by atoms with Crippen LogP contribution in [0.1, 0.15) is 18.9 Å². The molecule has 2 nitrogen and oxygen atoms in total. The van der Waals surface area contributed by atoms with E-state index in [2.05, 4.69) is 47.7 Å². The van der Waals surface area contributed by atoms with Gasteiger partial charge in [-0.25, -0.2) is 0 Å². The summed E-state index contributed by atoms with van der Waals surface area (Å²) < 4.78 is 0. The van der Waals surface area contributed by atoms with Crippen LogP contribution in [-0.4, -0.2) is 23.0 Å². The zero-order chi connectivity index (χ0) is 12.8. The Labute approximate surface area is 113 Å². The van der Waals surface area contributed by atoms with Crippen LogP contribution in [0.4, 0.5) is 0 Å². The number of thioether (sulfide) groups is 1. The van der Waals surface area contributed by atoms with Gasteiger partial charge in [-0.3, -0.25) is 4.98 Å². The lowest BCUT2D eigenvalue weighted by Gasteiger charge is -2.14. The first-order valence-corrected chi connectivity index (χ1v) is 7.74. The van der Waals surface area contributed by atoms with Crippen molar-refractivity contribution in [3.8, 4) is 0 Å². The van der Waals surface area contributed by atoms with Crippen molar-refractivity contribution in [3.05, 3.63) is 42.2 Å². The average molecular weight is 260 g/mol. The van der Waals surface area contributed by atoms with Gasteiger partial charge >= 0.3 is 0 Å². The van der Waals surface area contributed by atoms with Gasteiger partial charge in [0.1, 0.15) is 0 Å². The molecule has 2 aromatic rings. The molecule has 0 radical (unpaired) electrons. The Morgan fingerprint density at radius 3 is 3.06 bits per heavy atom. The molecule has 2 rings (SSSR count). The SMILES string of the molecule is CSCCC(C)NCc1cccc2cnccc12. The Morgan fingerprint density at radius 2 is 2.22 bits per heavy atom. The second kappa shape index (κ2) is 6.76. The first-order valence-electron chi connectivity index (χ1n) is 6.35. The smallest absolute Gasteiger partial charge is 0.0346 e. The van der Waals surface area contributed by atoms with Crippen LogP contribution in [-0.2, 0) is 6.54 Å². The van der Waals surface area contributed by atoms with E-state index in [1.807, 2.05) is 24.2 Å². The van der Waals surface area contributed by atoms with E-state index in [0.717, 1.165) is 6.54 Å². The van der Waals surface area contributed by atoms with Gasteiger partial charge in [0.05, 0.1) is 0 Å². The highest BCUT2D eigenvalue weighted by molar-refractivity contribution is 7.98. The number of hydrogen-bond donors (Lipinski definition) is 1. The maximum absolute atomic E-state index is 4.17. The molecule has 0 bridgehead atoms. The number of fused-ring (bicyclic) bond motifs is 1. The lowest BCUT2D eigenvalue weighted by atomic mass is 10.1. The van der Waals surface area contributed by atoms with Crippen LogP contribution in [0, 0.1) is 0 Å². The fourth-order valence-electron chi connectivity index (χ4n) is 2.02. The van der Waals surface area contributed by atoms with Gasteiger partial charge in [-0.2, -0.15) is 11.8 Å². The predicted octanol–water partition coefficient (Wildman–Crippen LogP) is 3.47. The second-order valence-electron chi connectivity index (χ2n) is 4.58. The normalized spacial score (nSPS) is 12.8. The van der Waals surface area contributed by atoms with Crippen molar-refractivity contribution in [1.82, 2.24) is 10.3 Å². The molecule has 1 aromatic heterocycles. The molecule has 0 spiro atoms. The quantitative estimate of drug-likeness (QED) is 0.861. The van der Waals surface area contributed by atoms with Gasteiger partial charge in [0.25, 0.3) is 0 Å². The van der Waals surface area contributed by atoms with E-state index >= 15 is 0 Å². The summed E-state index contributed by atoms with van der Waals surface area (Å²) in [7, 11) is 0. The Kier molecular flexibility index (Phi) is 5.02. The third kappa shape index (κ3) is 3.47. The van der Waals surface area contributed by atoms with E-state index in [0.29, 0.717) is 6.04 Å². The lowest BCUT2D eigenvalue weighted by Crippen LogP contribution is -2.26. The summed E-state index contributed by atoms with van der Waals surface area (Å²) in [5, 5.41) is 6.11. The molecular weight excluding hydrogens is 240 g/mol. The zero-order valence-electron chi connectivity index (χ0n) is 11.0. The monoisotopic (exact) mass is 260 g/mol. The predicted molar refractivity (Wildman–Crippen MR) is 81.0 cm³/mol. The van der Waals surface area contributed by atoms with Crippen LogP contribution in [0.2, 0.25) is 0 Å². The van der Waals surface area contributed by atoms with Gasteiger partial charge in [0.15, 0.2) is 0 Å². The molecule has 96 valence electrons. The van der Waals surface area contributed by atoms with E-state index in [1.165, 1.54) is 28.5 Å². The van der Waals surface area contributed by atoms with Crippen LogP contribution in [0.25, 0.3) is 10.8 Å². The Balaban J connectivity index is 2.03. The molecular formula is C15H20N2S. The molecule has 0 fully saturated rings. The van der Waals surface area contributed by atoms with Crippen molar-refractivity contribution in [2.24, 2.45) is 0 Å². The van der Waals surface area contributed by atoms with E-state index in [1.54, 1.807) is 0 Å². The first kappa shape index (κ1) is 13.4. The third-order valence-corrected chi connectivity index (χ3v) is 3.81. The molecule has 1 N–H and O–H groups in total. The van der Waals surface area contributed by atoms with Gasteiger partial charge < -0.3 is 5.32 Å². The van der Waals surface area contributed by atoms with Crippen LogP contribution >= 0.6 is 11.8 Å². The fraction of sp³-hybridized carbons (Fsp3) is 0.400. The van der Waals surface area contributed by atoms with Crippen molar-refractivity contribution < 1.29 is 0 Å². The molecule has 1 unspecified atom stereocenters. The molecule has 0 amide bonds. The number of pyridine rings is 1. The molecule has 0 aliphatic heterocycles. The largest absolute Gasteiger partial charge is 0.310 e. The first-order chi connectivity index (χ1) is 8.81. The Hall–Kier alpha value is -1.06. The van der Waals surface area contributed by atoms with E-state index in [4.69, 9.17) is 0 Å². The van der Waals surface area contributed by atoms with Crippen LogP contribution in [0.3, 0.4) is 0 Å². The molecule has 1 heterocycles. The number of benzene rings is 1. The summed E-state index contributed by atoms with van der Waals surface area (Å²) in [6.45, 7) is 3.18. The van der Waals surface area contributed by atoms with Gasteiger partial charge in [0, 0.05) is 30.4 Å². The van der Waals surface area contributed by atoms with Gasteiger partial charge in [-0.1, -0.05) is 18.2 Å².